The van der Waals surface area contributed by atoms with Crippen LogP contribution in [-0.4, -0.2) is 29.2 Å². The van der Waals surface area contributed by atoms with Crippen LogP contribution in [0.4, 0.5) is 0 Å². The normalized spacial score (nSPS) is 10.9. The lowest BCUT2D eigenvalue weighted by molar-refractivity contribution is 0.592. The molecular formula is C12H24N4S. The molecule has 0 aliphatic heterocycles. The molecule has 0 radical (unpaired) electrons. The van der Waals surface area contributed by atoms with Gasteiger partial charge in [-0.15, -0.1) is 5.10 Å². The number of rotatable bonds is 10. The summed E-state index contributed by atoms with van der Waals surface area (Å²) in [6.45, 7) is 8.57. The zero-order chi connectivity index (χ0) is 12.3. The maximum Gasteiger partial charge on any atom is 0.0800 e. The molecular weight excluding hydrogens is 232 g/mol. The smallest absolute Gasteiger partial charge is 0.0800 e. The van der Waals surface area contributed by atoms with Gasteiger partial charge in [-0.2, -0.15) is 0 Å². The van der Waals surface area contributed by atoms with Gasteiger partial charge >= 0.3 is 0 Å². The Labute approximate surface area is 108 Å². The molecule has 4 nitrogen and oxygen atoms in total. The number of nitrogens with zero attached hydrogens (tertiary/aromatic N) is 2. The summed E-state index contributed by atoms with van der Waals surface area (Å²) in [7, 11) is 0. The lowest BCUT2D eigenvalue weighted by Crippen LogP contribution is -2.22. The van der Waals surface area contributed by atoms with Crippen LogP contribution in [0.5, 0.6) is 0 Å². The first-order valence-electron chi connectivity index (χ1n) is 6.60. The fraction of sp³-hybridized carbons (Fsp3) is 0.833. The Morgan fingerprint density at radius 3 is 2.65 bits per heavy atom. The van der Waals surface area contributed by atoms with Crippen molar-refractivity contribution in [2.24, 2.45) is 0 Å². The molecule has 17 heavy (non-hydrogen) atoms. The van der Waals surface area contributed by atoms with Gasteiger partial charge in [0.1, 0.15) is 0 Å². The van der Waals surface area contributed by atoms with Gasteiger partial charge in [-0.1, -0.05) is 24.8 Å². The Morgan fingerprint density at radius 2 is 1.88 bits per heavy atom. The molecule has 0 amide bonds. The highest BCUT2D eigenvalue weighted by Crippen LogP contribution is 2.11. The molecule has 5 heteroatoms. The quantitative estimate of drug-likeness (QED) is 0.628. The maximum atomic E-state index is 4.16. The molecule has 0 unspecified atom stereocenters. The second kappa shape index (κ2) is 9.50. The molecule has 1 aromatic heterocycles. The predicted molar refractivity (Wildman–Crippen MR) is 73.4 cm³/mol. The molecule has 98 valence electrons. The predicted octanol–water partition coefficient (Wildman–Crippen LogP) is 1.97. The van der Waals surface area contributed by atoms with Gasteiger partial charge in [-0.25, -0.2) is 0 Å². The van der Waals surface area contributed by atoms with Gasteiger partial charge in [0.25, 0.3) is 0 Å². The van der Waals surface area contributed by atoms with E-state index in [1.807, 2.05) is 0 Å². The van der Waals surface area contributed by atoms with E-state index in [9.17, 15) is 0 Å². The van der Waals surface area contributed by atoms with Gasteiger partial charge < -0.3 is 10.6 Å². The highest BCUT2D eigenvalue weighted by molar-refractivity contribution is 7.05. The third-order valence-electron chi connectivity index (χ3n) is 2.54. The standard InChI is InChI=1S/C12H24N4S/c1-3-6-11-12(17-16-15-11)10-14-9-5-8-13-7-4-2/h13-14H,3-10H2,1-2H3. The van der Waals surface area contributed by atoms with Crippen LogP contribution in [0.15, 0.2) is 0 Å². The minimum absolute atomic E-state index is 0.917. The van der Waals surface area contributed by atoms with Crippen molar-refractivity contribution in [3.05, 3.63) is 10.6 Å². The first-order chi connectivity index (χ1) is 8.38. The molecule has 0 aromatic carbocycles. The van der Waals surface area contributed by atoms with Crippen LogP contribution in [0.25, 0.3) is 0 Å². The van der Waals surface area contributed by atoms with E-state index in [1.54, 1.807) is 0 Å². The van der Waals surface area contributed by atoms with Crippen molar-refractivity contribution >= 4 is 11.5 Å². The van der Waals surface area contributed by atoms with E-state index in [0.717, 1.165) is 39.0 Å². The first kappa shape index (κ1) is 14.5. The number of aromatic nitrogens is 2. The van der Waals surface area contributed by atoms with Crippen LogP contribution in [0.3, 0.4) is 0 Å². The molecule has 0 aliphatic rings. The van der Waals surface area contributed by atoms with E-state index >= 15 is 0 Å². The van der Waals surface area contributed by atoms with Crippen LogP contribution < -0.4 is 10.6 Å². The fourth-order valence-electron chi connectivity index (χ4n) is 1.63. The van der Waals surface area contributed by atoms with E-state index in [1.165, 1.54) is 34.9 Å². The molecule has 1 aromatic rings. The minimum Gasteiger partial charge on any atom is -0.317 e. The Hall–Kier alpha value is -0.520. The third kappa shape index (κ3) is 6.10. The Morgan fingerprint density at radius 1 is 1.06 bits per heavy atom. The first-order valence-corrected chi connectivity index (χ1v) is 7.37. The van der Waals surface area contributed by atoms with Gasteiger partial charge in [-0.05, 0) is 50.4 Å². The summed E-state index contributed by atoms with van der Waals surface area (Å²) < 4.78 is 4.02. The monoisotopic (exact) mass is 256 g/mol. The molecule has 0 fully saturated rings. The average molecular weight is 256 g/mol. The lowest BCUT2D eigenvalue weighted by Gasteiger charge is -2.05. The molecule has 0 bridgehead atoms. The molecule has 1 rings (SSSR count). The van der Waals surface area contributed by atoms with Crippen LogP contribution in [0.1, 0.15) is 43.7 Å². The van der Waals surface area contributed by atoms with Crippen LogP contribution in [0, 0.1) is 0 Å². The summed E-state index contributed by atoms with van der Waals surface area (Å²) in [4.78, 5) is 1.30. The molecule has 2 N–H and O–H groups in total. The van der Waals surface area contributed by atoms with Crippen molar-refractivity contribution in [3.63, 3.8) is 0 Å². The zero-order valence-electron chi connectivity index (χ0n) is 11.0. The SMILES string of the molecule is CCCNCCCNCc1snnc1CCC. The summed E-state index contributed by atoms with van der Waals surface area (Å²) in [6, 6.07) is 0. The number of hydrogen-bond donors (Lipinski definition) is 2. The maximum absolute atomic E-state index is 4.16. The number of hydrogen-bond acceptors (Lipinski definition) is 5. The summed E-state index contributed by atoms with van der Waals surface area (Å²) in [5.74, 6) is 0. The number of nitrogens with one attached hydrogen (secondary N) is 2. The van der Waals surface area contributed by atoms with E-state index in [0.29, 0.717) is 0 Å². The van der Waals surface area contributed by atoms with E-state index in [4.69, 9.17) is 0 Å². The van der Waals surface area contributed by atoms with Crippen molar-refractivity contribution < 1.29 is 0 Å². The fourth-order valence-corrected chi connectivity index (χ4v) is 2.28. The topological polar surface area (TPSA) is 49.8 Å². The Kier molecular flexibility index (Phi) is 8.13. The van der Waals surface area contributed by atoms with Gasteiger partial charge in [0.15, 0.2) is 0 Å². The highest BCUT2D eigenvalue weighted by Gasteiger charge is 2.05. The van der Waals surface area contributed by atoms with Gasteiger partial charge in [0, 0.05) is 6.54 Å². The molecule has 0 saturated carbocycles. The molecule has 0 aliphatic carbocycles. The number of aryl methyl sites for hydroxylation is 1. The highest BCUT2D eigenvalue weighted by atomic mass is 32.1. The molecule has 0 saturated heterocycles. The largest absolute Gasteiger partial charge is 0.317 e. The van der Waals surface area contributed by atoms with E-state index < -0.39 is 0 Å². The van der Waals surface area contributed by atoms with Gasteiger partial charge in [0.2, 0.25) is 0 Å². The van der Waals surface area contributed by atoms with Crippen LogP contribution in [0.2, 0.25) is 0 Å². The van der Waals surface area contributed by atoms with Crippen molar-refractivity contribution in [3.8, 4) is 0 Å². The van der Waals surface area contributed by atoms with E-state index in [-0.39, 0.29) is 0 Å². The second-order valence-corrected chi connectivity index (χ2v) is 5.01. The summed E-state index contributed by atoms with van der Waals surface area (Å²) in [5, 5.41) is 11.0. The average Bonchev–Trinajstić information content (AvgIpc) is 2.76. The van der Waals surface area contributed by atoms with Crippen molar-refractivity contribution in [1.29, 1.82) is 0 Å². The summed E-state index contributed by atoms with van der Waals surface area (Å²) in [5.41, 5.74) is 1.18. The third-order valence-corrected chi connectivity index (χ3v) is 3.30. The van der Waals surface area contributed by atoms with E-state index in [2.05, 4.69) is 34.1 Å². The van der Waals surface area contributed by atoms with Gasteiger partial charge in [0.05, 0.1) is 10.6 Å². The summed E-state index contributed by atoms with van der Waals surface area (Å²) in [6.07, 6.45) is 4.57. The minimum atomic E-state index is 0.917. The van der Waals surface area contributed by atoms with Gasteiger partial charge in [-0.3, -0.25) is 0 Å². The lowest BCUT2D eigenvalue weighted by atomic mass is 10.2. The molecule has 0 atom stereocenters. The van der Waals surface area contributed by atoms with Crippen molar-refractivity contribution in [2.75, 3.05) is 19.6 Å². The zero-order valence-corrected chi connectivity index (χ0v) is 11.8. The second-order valence-electron chi connectivity index (χ2n) is 4.17. The molecule has 0 spiro atoms. The van der Waals surface area contributed by atoms with Crippen LogP contribution in [-0.2, 0) is 13.0 Å². The Bertz CT molecular complexity index is 288. The van der Waals surface area contributed by atoms with Crippen LogP contribution >= 0.6 is 11.5 Å². The Balaban J connectivity index is 2.07. The van der Waals surface area contributed by atoms with Crippen molar-refractivity contribution in [2.45, 2.75) is 46.1 Å². The molecule has 1 heterocycles. The summed E-state index contributed by atoms with van der Waals surface area (Å²) >= 11 is 1.52. The van der Waals surface area contributed by atoms with Crippen molar-refractivity contribution in [1.82, 2.24) is 20.2 Å².